The molecule has 1 aromatic carbocycles. The van der Waals surface area contributed by atoms with E-state index in [2.05, 4.69) is 41.6 Å². The van der Waals surface area contributed by atoms with Crippen molar-refractivity contribution in [3.05, 3.63) is 66.3 Å². The minimum atomic E-state index is 0.947. The molecule has 0 radical (unpaired) electrons. The fraction of sp³-hybridized carbons (Fsp3) is 0.294. The summed E-state index contributed by atoms with van der Waals surface area (Å²) in [5, 5.41) is 3.20. The van der Waals surface area contributed by atoms with E-state index in [0.29, 0.717) is 0 Å². The molecule has 0 unspecified atom stereocenters. The molecule has 0 saturated heterocycles. The molecule has 0 aromatic heterocycles. The van der Waals surface area contributed by atoms with E-state index in [1.54, 1.807) is 0 Å². The van der Waals surface area contributed by atoms with Crippen molar-refractivity contribution in [3.63, 3.8) is 0 Å². The summed E-state index contributed by atoms with van der Waals surface area (Å²) in [6.45, 7) is 10.7. The van der Waals surface area contributed by atoms with Crippen molar-refractivity contribution in [2.45, 2.75) is 13.0 Å². The van der Waals surface area contributed by atoms with Crippen LogP contribution in [0, 0.1) is 0 Å². The van der Waals surface area contributed by atoms with Crippen molar-refractivity contribution in [2.75, 3.05) is 25.5 Å². The van der Waals surface area contributed by atoms with Crippen LogP contribution in [0.1, 0.15) is 11.1 Å². The number of fused-ring (bicyclic) bond motifs is 1. The lowest BCUT2D eigenvalue weighted by Crippen LogP contribution is -2.31. The summed E-state index contributed by atoms with van der Waals surface area (Å²) in [6, 6.07) is 6.65. The zero-order valence-corrected chi connectivity index (χ0v) is 11.7. The molecule has 0 saturated carbocycles. The lowest BCUT2D eigenvalue weighted by Gasteiger charge is -2.29. The molecule has 0 fully saturated rings. The number of nitrogens with zero attached hydrogens (tertiary/aromatic N) is 1. The van der Waals surface area contributed by atoms with Gasteiger partial charge in [-0.15, -0.1) is 0 Å². The largest absolute Gasteiger partial charge is 0.388 e. The van der Waals surface area contributed by atoms with E-state index in [9.17, 15) is 0 Å². The Morgan fingerprint density at radius 2 is 2.21 bits per heavy atom. The molecule has 1 aliphatic rings. The number of benzene rings is 1. The topological polar surface area (TPSA) is 15.3 Å². The summed E-state index contributed by atoms with van der Waals surface area (Å²) in [5.74, 6) is 0. The van der Waals surface area contributed by atoms with Crippen LogP contribution in [0.4, 0.5) is 5.69 Å². The predicted octanol–water partition coefficient (Wildman–Crippen LogP) is 3.38. The van der Waals surface area contributed by atoms with Crippen molar-refractivity contribution in [2.24, 2.45) is 0 Å². The average molecular weight is 254 g/mol. The number of anilines is 1. The molecule has 0 aliphatic carbocycles. The Morgan fingerprint density at radius 1 is 1.37 bits per heavy atom. The van der Waals surface area contributed by atoms with Crippen LogP contribution in [0.25, 0.3) is 0 Å². The summed E-state index contributed by atoms with van der Waals surface area (Å²) in [7, 11) is 1.97. The number of nitrogens with one attached hydrogen (secondary N) is 1. The highest BCUT2D eigenvalue weighted by Crippen LogP contribution is 2.23. The molecular weight excluding hydrogens is 232 g/mol. The molecule has 0 bridgehead atoms. The first kappa shape index (κ1) is 13.6. The summed E-state index contributed by atoms with van der Waals surface area (Å²) in [4.78, 5) is 2.46. The summed E-state index contributed by atoms with van der Waals surface area (Å²) in [5.41, 5.74) is 5.33. The van der Waals surface area contributed by atoms with Crippen LogP contribution in [-0.4, -0.2) is 25.0 Å². The van der Waals surface area contributed by atoms with Crippen LogP contribution in [-0.2, 0) is 13.0 Å². The first-order valence-electron chi connectivity index (χ1n) is 6.72. The lowest BCUT2D eigenvalue weighted by molar-refractivity contribution is 0.278. The molecule has 0 spiro atoms. The van der Waals surface area contributed by atoms with Gasteiger partial charge in [0, 0.05) is 32.4 Å². The van der Waals surface area contributed by atoms with Crippen LogP contribution in [0.2, 0.25) is 0 Å². The van der Waals surface area contributed by atoms with E-state index in [1.165, 1.54) is 22.4 Å². The van der Waals surface area contributed by atoms with Crippen LogP contribution >= 0.6 is 0 Å². The molecule has 1 N–H and O–H groups in total. The average Bonchev–Trinajstić information content (AvgIpc) is 2.46. The third-order valence-electron chi connectivity index (χ3n) is 3.59. The Balaban J connectivity index is 2.08. The first-order valence-corrected chi connectivity index (χ1v) is 6.72. The van der Waals surface area contributed by atoms with E-state index >= 15 is 0 Å². The van der Waals surface area contributed by atoms with Gasteiger partial charge in [0.25, 0.3) is 0 Å². The van der Waals surface area contributed by atoms with E-state index in [1.807, 2.05) is 25.3 Å². The SMILES string of the molecule is C=C/C=C(\C=C)CN1CCc2cc(NC)ccc2C1. The minimum Gasteiger partial charge on any atom is -0.388 e. The van der Waals surface area contributed by atoms with Gasteiger partial charge in [-0.2, -0.15) is 0 Å². The molecule has 1 aliphatic heterocycles. The molecule has 1 heterocycles. The van der Waals surface area contributed by atoms with Gasteiger partial charge in [-0.1, -0.05) is 37.5 Å². The van der Waals surface area contributed by atoms with Gasteiger partial charge < -0.3 is 5.32 Å². The number of hydrogen-bond acceptors (Lipinski definition) is 2. The van der Waals surface area contributed by atoms with Crippen LogP contribution in [0.5, 0.6) is 0 Å². The van der Waals surface area contributed by atoms with Crippen LogP contribution < -0.4 is 5.32 Å². The van der Waals surface area contributed by atoms with Gasteiger partial charge in [0.2, 0.25) is 0 Å². The normalized spacial score (nSPS) is 15.7. The van der Waals surface area contributed by atoms with Crippen LogP contribution in [0.15, 0.2) is 55.2 Å². The highest BCUT2D eigenvalue weighted by Gasteiger charge is 2.16. The van der Waals surface area contributed by atoms with Crippen molar-refractivity contribution >= 4 is 5.69 Å². The summed E-state index contributed by atoms with van der Waals surface area (Å²) < 4.78 is 0. The Kier molecular flexibility index (Phi) is 4.58. The van der Waals surface area contributed by atoms with E-state index in [4.69, 9.17) is 0 Å². The fourth-order valence-corrected chi connectivity index (χ4v) is 2.50. The molecule has 2 heteroatoms. The zero-order chi connectivity index (χ0) is 13.7. The third-order valence-corrected chi connectivity index (χ3v) is 3.59. The smallest absolute Gasteiger partial charge is 0.0340 e. The highest BCUT2D eigenvalue weighted by atomic mass is 15.1. The standard InChI is InChI=1S/C17H22N2/c1-4-6-14(5-2)12-19-10-9-15-11-17(18-3)8-7-16(15)13-19/h4-8,11,18H,1-2,9-10,12-13H2,3H3/b14-6+. The van der Waals surface area contributed by atoms with Crippen LogP contribution in [0.3, 0.4) is 0 Å². The lowest BCUT2D eigenvalue weighted by atomic mass is 9.98. The number of rotatable bonds is 5. The van der Waals surface area contributed by atoms with E-state index < -0.39 is 0 Å². The second-order valence-corrected chi connectivity index (χ2v) is 4.88. The van der Waals surface area contributed by atoms with Crippen molar-refractivity contribution in [1.82, 2.24) is 4.90 Å². The zero-order valence-electron chi connectivity index (χ0n) is 11.7. The molecule has 1 aromatic rings. The van der Waals surface area contributed by atoms with Gasteiger partial charge in [0.15, 0.2) is 0 Å². The van der Waals surface area contributed by atoms with Gasteiger partial charge in [0.05, 0.1) is 0 Å². The van der Waals surface area contributed by atoms with Gasteiger partial charge in [-0.05, 0) is 35.3 Å². The Hall–Kier alpha value is -1.80. The van der Waals surface area contributed by atoms with Crippen molar-refractivity contribution in [1.29, 1.82) is 0 Å². The maximum Gasteiger partial charge on any atom is 0.0340 e. The van der Waals surface area contributed by atoms with Gasteiger partial charge >= 0.3 is 0 Å². The molecule has 0 atom stereocenters. The predicted molar refractivity (Wildman–Crippen MR) is 83.4 cm³/mol. The Labute approximate surface area is 116 Å². The molecule has 100 valence electrons. The minimum absolute atomic E-state index is 0.947. The second kappa shape index (κ2) is 6.39. The molecule has 2 rings (SSSR count). The third kappa shape index (κ3) is 3.36. The van der Waals surface area contributed by atoms with Gasteiger partial charge in [-0.3, -0.25) is 4.90 Å². The summed E-state index contributed by atoms with van der Waals surface area (Å²) in [6.07, 6.45) is 6.89. The molecule has 2 nitrogen and oxygen atoms in total. The maximum atomic E-state index is 3.86. The summed E-state index contributed by atoms with van der Waals surface area (Å²) >= 11 is 0. The number of hydrogen-bond donors (Lipinski definition) is 1. The molecular formula is C17H22N2. The molecule has 0 amide bonds. The van der Waals surface area contributed by atoms with E-state index in [-0.39, 0.29) is 0 Å². The van der Waals surface area contributed by atoms with Gasteiger partial charge in [-0.25, -0.2) is 0 Å². The van der Waals surface area contributed by atoms with E-state index in [0.717, 1.165) is 26.1 Å². The van der Waals surface area contributed by atoms with Crippen molar-refractivity contribution in [3.8, 4) is 0 Å². The van der Waals surface area contributed by atoms with Crippen molar-refractivity contribution < 1.29 is 0 Å². The Bertz CT molecular complexity index is 500. The second-order valence-electron chi connectivity index (χ2n) is 4.88. The fourth-order valence-electron chi connectivity index (χ4n) is 2.50. The monoisotopic (exact) mass is 254 g/mol. The quantitative estimate of drug-likeness (QED) is 0.810. The van der Waals surface area contributed by atoms with Gasteiger partial charge in [0.1, 0.15) is 0 Å². The highest BCUT2D eigenvalue weighted by molar-refractivity contribution is 5.49. The number of allylic oxidation sites excluding steroid dienone is 2. The first-order chi connectivity index (χ1) is 9.26. The Morgan fingerprint density at radius 3 is 2.89 bits per heavy atom. The maximum absolute atomic E-state index is 3.86. The molecule has 19 heavy (non-hydrogen) atoms.